The Morgan fingerprint density at radius 2 is 1.91 bits per heavy atom. The molecule has 0 saturated heterocycles. The van der Waals surface area contributed by atoms with Gasteiger partial charge in [0.05, 0.1) is 0 Å². The van der Waals surface area contributed by atoms with Gasteiger partial charge in [-0.1, -0.05) is 0 Å². The van der Waals surface area contributed by atoms with E-state index in [-0.39, 0.29) is 0 Å². The third-order valence-electron chi connectivity index (χ3n) is 1.33. The highest BCUT2D eigenvalue weighted by atomic mass is 32.2. The summed E-state index contributed by atoms with van der Waals surface area (Å²) in [7, 11) is 1.74. The monoisotopic (exact) mass is 178 g/mol. The quantitative estimate of drug-likeness (QED) is 0.572. The smallest absolute Gasteiger partial charge is 0.0462 e. The van der Waals surface area contributed by atoms with Gasteiger partial charge in [0, 0.05) is 20.3 Å². The van der Waals surface area contributed by atoms with Crippen LogP contribution in [0.1, 0.15) is 19.3 Å². The van der Waals surface area contributed by atoms with Gasteiger partial charge in [-0.25, -0.2) is 0 Å². The fourth-order valence-corrected chi connectivity index (χ4v) is 1.66. The molecule has 0 saturated carbocycles. The first kappa shape index (κ1) is 11.3. The molecule has 3 heteroatoms. The molecule has 0 aromatic heterocycles. The van der Waals surface area contributed by atoms with Gasteiger partial charge in [0.25, 0.3) is 0 Å². The molecule has 0 fully saturated rings. The number of aliphatic hydroxyl groups excluding tert-OH is 1. The average molecular weight is 178 g/mol. The van der Waals surface area contributed by atoms with Crippen molar-refractivity contribution in [1.29, 1.82) is 0 Å². The second-order valence-corrected chi connectivity index (χ2v) is 3.61. The summed E-state index contributed by atoms with van der Waals surface area (Å²) in [6, 6.07) is 0. The maximum absolute atomic E-state index is 8.47. The van der Waals surface area contributed by atoms with Gasteiger partial charge in [0.15, 0.2) is 0 Å². The number of ether oxygens (including phenoxy) is 1. The van der Waals surface area contributed by atoms with Gasteiger partial charge >= 0.3 is 0 Å². The molecule has 0 heterocycles. The normalized spacial score (nSPS) is 10.4. The van der Waals surface area contributed by atoms with Crippen LogP contribution in [-0.4, -0.2) is 36.9 Å². The highest BCUT2D eigenvalue weighted by Crippen LogP contribution is 2.05. The molecular formula is C8H18O2S. The molecule has 2 nitrogen and oxygen atoms in total. The van der Waals surface area contributed by atoms with Crippen LogP contribution in [0, 0.1) is 0 Å². The summed E-state index contributed by atoms with van der Waals surface area (Å²) in [5, 5.41) is 8.47. The molecule has 0 atom stereocenters. The Labute approximate surface area is 73.3 Å². The lowest BCUT2D eigenvalue weighted by atomic mass is 10.4. The minimum Gasteiger partial charge on any atom is -0.396 e. The topological polar surface area (TPSA) is 29.5 Å². The Kier molecular flexibility index (Phi) is 10.5. The summed E-state index contributed by atoms with van der Waals surface area (Å²) in [6.07, 6.45) is 3.31. The maximum Gasteiger partial charge on any atom is 0.0462 e. The molecule has 0 radical (unpaired) electrons. The Hall–Kier alpha value is 0.270. The van der Waals surface area contributed by atoms with Crippen molar-refractivity contribution in [1.82, 2.24) is 0 Å². The molecule has 0 rings (SSSR count). The highest BCUT2D eigenvalue weighted by molar-refractivity contribution is 7.99. The van der Waals surface area contributed by atoms with Crippen molar-refractivity contribution in [2.45, 2.75) is 19.3 Å². The van der Waals surface area contributed by atoms with E-state index >= 15 is 0 Å². The molecule has 1 N–H and O–H groups in total. The van der Waals surface area contributed by atoms with Gasteiger partial charge in [-0.05, 0) is 30.8 Å². The lowest BCUT2D eigenvalue weighted by Gasteiger charge is -1.99. The molecule has 68 valence electrons. The van der Waals surface area contributed by atoms with Crippen LogP contribution in [-0.2, 0) is 4.74 Å². The van der Waals surface area contributed by atoms with Crippen LogP contribution >= 0.6 is 11.8 Å². The Balaban J connectivity index is 2.69. The molecule has 0 amide bonds. The number of methoxy groups -OCH3 is 1. The van der Waals surface area contributed by atoms with E-state index in [0.29, 0.717) is 6.61 Å². The number of aliphatic hydroxyl groups is 1. The first-order valence-electron chi connectivity index (χ1n) is 4.09. The van der Waals surface area contributed by atoms with Crippen LogP contribution in [0.3, 0.4) is 0 Å². The SMILES string of the molecule is COCCCCSCCCO. The molecule has 11 heavy (non-hydrogen) atoms. The van der Waals surface area contributed by atoms with Crippen molar-refractivity contribution in [3.8, 4) is 0 Å². The van der Waals surface area contributed by atoms with E-state index in [0.717, 1.165) is 25.2 Å². The third kappa shape index (κ3) is 10.3. The van der Waals surface area contributed by atoms with Gasteiger partial charge < -0.3 is 9.84 Å². The standard InChI is InChI=1S/C8H18O2S/c1-10-6-2-3-7-11-8-4-5-9/h9H,2-8H2,1H3. The number of hydrogen-bond donors (Lipinski definition) is 1. The van der Waals surface area contributed by atoms with Crippen molar-refractivity contribution < 1.29 is 9.84 Å². The van der Waals surface area contributed by atoms with Crippen molar-refractivity contribution in [3.63, 3.8) is 0 Å². The van der Waals surface area contributed by atoms with Gasteiger partial charge in [0.1, 0.15) is 0 Å². The van der Waals surface area contributed by atoms with Gasteiger partial charge in [-0.15, -0.1) is 0 Å². The van der Waals surface area contributed by atoms with Crippen LogP contribution in [0.4, 0.5) is 0 Å². The molecule has 0 unspecified atom stereocenters. The number of unbranched alkanes of at least 4 members (excludes halogenated alkanes) is 1. The zero-order valence-corrected chi connectivity index (χ0v) is 8.03. The highest BCUT2D eigenvalue weighted by Gasteiger charge is 1.89. The zero-order valence-electron chi connectivity index (χ0n) is 7.21. The predicted molar refractivity (Wildman–Crippen MR) is 50.1 cm³/mol. The van der Waals surface area contributed by atoms with Crippen molar-refractivity contribution in [2.75, 3.05) is 31.8 Å². The Morgan fingerprint density at radius 3 is 2.55 bits per heavy atom. The lowest BCUT2D eigenvalue weighted by Crippen LogP contribution is -1.91. The first-order chi connectivity index (χ1) is 5.41. The van der Waals surface area contributed by atoms with Crippen molar-refractivity contribution in [2.24, 2.45) is 0 Å². The molecule has 0 bridgehead atoms. The Bertz CT molecular complexity index is 61.1. The molecule has 0 aromatic rings. The Morgan fingerprint density at radius 1 is 1.18 bits per heavy atom. The van der Waals surface area contributed by atoms with E-state index in [4.69, 9.17) is 9.84 Å². The largest absolute Gasteiger partial charge is 0.396 e. The summed E-state index contributed by atoms with van der Waals surface area (Å²) >= 11 is 1.91. The van der Waals surface area contributed by atoms with E-state index in [1.165, 1.54) is 12.2 Å². The summed E-state index contributed by atoms with van der Waals surface area (Å²) in [6.45, 7) is 1.20. The maximum atomic E-state index is 8.47. The van der Waals surface area contributed by atoms with Gasteiger partial charge in [0.2, 0.25) is 0 Å². The van der Waals surface area contributed by atoms with Crippen LogP contribution in [0.5, 0.6) is 0 Å². The molecule has 0 spiro atoms. The van der Waals surface area contributed by atoms with Crippen molar-refractivity contribution in [3.05, 3.63) is 0 Å². The number of hydrogen-bond acceptors (Lipinski definition) is 3. The van der Waals surface area contributed by atoms with Crippen LogP contribution in [0.2, 0.25) is 0 Å². The van der Waals surface area contributed by atoms with E-state index < -0.39 is 0 Å². The predicted octanol–water partition coefficient (Wildman–Crippen LogP) is 1.53. The van der Waals surface area contributed by atoms with E-state index in [2.05, 4.69) is 0 Å². The summed E-state index contributed by atoms with van der Waals surface area (Å²) in [4.78, 5) is 0. The second kappa shape index (κ2) is 10.3. The second-order valence-electron chi connectivity index (χ2n) is 2.39. The number of thioether (sulfide) groups is 1. The average Bonchev–Trinajstić information content (AvgIpc) is 2.03. The summed E-state index contributed by atoms with van der Waals surface area (Å²) < 4.78 is 4.92. The first-order valence-corrected chi connectivity index (χ1v) is 5.25. The van der Waals surface area contributed by atoms with Crippen LogP contribution in [0.15, 0.2) is 0 Å². The third-order valence-corrected chi connectivity index (χ3v) is 2.49. The molecule has 0 aliphatic heterocycles. The minimum atomic E-state index is 0.324. The molecule has 0 aliphatic carbocycles. The van der Waals surface area contributed by atoms with Crippen LogP contribution in [0.25, 0.3) is 0 Å². The molecule has 0 aromatic carbocycles. The van der Waals surface area contributed by atoms with Crippen LogP contribution < -0.4 is 0 Å². The van der Waals surface area contributed by atoms with Gasteiger partial charge in [-0.2, -0.15) is 11.8 Å². The number of rotatable bonds is 8. The lowest BCUT2D eigenvalue weighted by molar-refractivity contribution is 0.194. The fraction of sp³-hybridized carbons (Fsp3) is 1.00. The van der Waals surface area contributed by atoms with E-state index in [1.54, 1.807) is 7.11 Å². The summed E-state index contributed by atoms with van der Waals surface area (Å²) in [5.41, 5.74) is 0. The zero-order chi connectivity index (χ0) is 8.36. The summed E-state index contributed by atoms with van der Waals surface area (Å²) in [5.74, 6) is 2.28. The minimum absolute atomic E-state index is 0.324. The van der Waals surface area contributed by atoms with E-state index in [9.17, 15) is 0 Å². The van der Waals surface area contributed by atoms with Crippen molar-refractivity contribution >= 4 is 11.8 Å². The fourth-order valence-electron chi connectivity index (χ4n) is 0.719. The molecular weight excluding hydrogens is 160 g/mol. The molecule has 0 aliphatic rings. The van der Waals surface area contributed by atoms with Gasteiger partial charge in [-0.3, -0.25) is 0 Å². The van der Waals surface area contributed by atoms with E-state index in [1.807, 2.05) is 11.8 Å².